The van der Waals surface area contributed by atoms with E-state index in [1.807, 2.05) is 0 Å². The first-order chi connectivity index (χ1) is 6.87. The second kappa shape index (κ2) is 2.81. The smallest absolute Gasteiger partial charge is 0.287 e. The first-order valence-corrected chi connectivity index (χ1v) is 4.23. The maximum absolute atomic E-state index is 13.2. The zero-order valence-electron chi connectivity index (χ0n) is 7.65. The van der Waals surface area contributed by atoms with Gasteiger partial charge in [0.25, 0.3) is 0 Å². The summed E-state index contributed by atoms with van der Waals surface area (Å²) in [7, 11) is 0. The number of alkyl halides is 3. The van der Waals surface area contributed by atoms with Gasteiger partial charge in [-0.3, -0.25) is 4.79 Å². The molecule has 0 heterocycles. The van der Waals surface area contributed by atoms with Crippen molar-refractivity contribution < 1.29 is 22.4 Å². The minimum atomic E-state index is -4.14. The molecule has 0 radical (unpaired) electrons. The molecule has 0 saturated heterocycles. The fourth-order valence-corrected chi connectivity index (χ4v) is 1.72. The van der Waals surface area contributed by atoms with Crippen LogP contribution in [0.2, 0.25) is 0 Å². The van der Waals surface area contributed by atoms with E-state index < -0.39 is 34.8 Å². The number of ketones is 1. The number of fused-ring (bicyclic) bond motifs is 1. The largest absolute Gasteiger partial charge is 0.344 e. The summed E-state index contributed by atoms with van der Waals surface area (Å²) >= 11 is 0. The normalized spacial score (nSPS) is 23.0. The van der Waals surface area contributed by atoms with Crippen molar-refractivity contribution in [3.05, 3.63) is 34.6 Å². The molecule has 2 rings (SSSR count). The quantitative estimate of drug-likeness (QED) is 0.612. The molecule has 1 atom stereocenters. The van der Waals surface area contributed by atoms with Crippen molar-refractivity contribution in [2.24, 2.45) is 0 Å². The lowest BCUT2D eigenvalue weighted by molar-refractivity contribution is -0.0372. The van der Waals surface area contributed by atoms with Crippen LogP contribution in [0.4, 0.5) is 17.6 Å². The SMILES string of the molecule is Cc1ccc(F)c2c1C(=O)C(F)(F)[C@@H]2F. The highest BCUT2D eigenvalue weighted by Crippen LogP contribution is 2.47. The molecule has 1 aromatic rings. The molecular weight excluding hydrogens is 212 g/mol. The molecular formula is C10H6F4O. The van der Waals surface area contributed by atoms with Gasteiger partial charge in [0.1, 0.15) is 5.82 Å². The Balaban J connectivity index is 2.78. The summed E-state index contributed by atoms with van der Waals surface area (Å²) in [5.41, 5.74) is -1.17. The van der Waals surface area contributed by atoms with E-state index in [0.29, 0.717) is 0 Å². The van der Waals surface area contributed by atoms with Crippen molar-refractivity contribution in [2.75, 3.05) is 0 Å². The van der Waals surface area contributed by atoms with Crippen molar-refractivity contribution in [3.63, 3.8) is 0 Å². The first kappa shape index (κ1) is 10.1. The van der Waals surface area contributed by atoms with Gasteiger partial charge in [-0.15, -0.1) is 0 Å². The Labute approximate surface area is 82.7 Å². The second-order valence-electron chi connectivity index (χ2n) is 3.47. The molecule has 1 aliphatic carbocycles. The molecule has 0 aromatic heterocycles. The van der Waals surface area contributed by atoms with Gasteiger partial charge in [0, 0.05) is 11.1 Å². The van der Waals surface area contributed by atoms with E-state index in [2.05, 4.69) is 0 Å². The number of aryl methyl sites for hydroxylation is 1. The summed E-state index contributed by atoms with van der Waals surface area (Å²) in [6.07, 6.45) is -2.88. The van der Waals surface area contributed by atoms with Crippen LogP contribution in [0, 0.1) is 12.7 Å². The summed E-state index contributed by atoms with van der Waals surface area (Å²) in [6.45, 7) is 1.37. The summed E-state index contributed by atoms with van der Waals surface area (Å²) in [4.78, 5) is 11.1. The number of rotatable bonds is 0. The van der Waals surface area contributed by atoms with Crippen LogP contribution in [0.25, 0.3) is 0 Å². The molecule has 1 aromatic carbocycles. The highest BCUT2D eigenvalue weighted by molar-refractivity contribution is 6.07. The van der Waals surface area contributed by atoms with E-state index in [4.69, 9.17) is 0 Å². The Hall–Kier alpha value is -1.39. The molecule has 80 valence electrons. The lowest BCUT2D eigenvalue weighted by Crippen LogP contribution is -2.26. The zero-order valence-corrected chi connectivity index (χ0v) is 7.65. The molecule has 1 aliphatic rings. The number of carbonyl (C=O) groups is 1. The molecule has 0 bridgehead atoms. The van der Waals surface area contributed by atoms with Crippen molar-refractivity contribution in [1.82, 2.24) is 0 Å². The number of benzene rings is 1. The van der Waals surface area contributed by atoms with Crippen LogP contribution < -0.4 is 0 Å². The fourth-order valence-electron chi connectivity index (χ4n) is 1.72. The minimum Gasteiger partial charge on any atom is -0.287 e. The van der Waals surface area contributed by atoms with E-state index in [9.17, 15) is 22.4 Å². The third kappa shape index (κ3) is 1.12. The van der Waals surface area contributed by atoms with Crippen LogP contribution in [-0.4, -0.2) is 11.7 Å². The summed E-state index contributed by atoms with van der Waals surface area (Å²) < 4.78 is 52.3. The number of halogens is 4. The standard InChI is InChI=1S/C10H6F4O/c1-4-2-3-5(11)7-6(4)9(15)10(13,14)8(7)12/h2-3,8H,1H3/t8-/m1/s1. The molecule has 5 heteroatoms. The van der Waals surface area contributed by atoms with Crippen LogP contribution >= 0.6 is 0 Å². The Morgan fingerprint density at radius 3 is 2.47 bits per heavy atom. The van der Waals surface area contributed by atoms with E-state index in [0.717, 1.165) is 6.07 Å². The van der Waals surface area contributed by atoms with Crippen molar-refractivity contribution in [1.29, 1.82) is 0 Å². The lowest BCUT2D eigenvalue weighted by atomic mass is 10.0. The Bertz CT molecular complexity index is 453. The Morgan fingerprint density at radius 1 is 1.33 bits per heavy atom. The first-order valence-electron chi connectivity index (χ1n) is 4.23. The number of Topliss-reactive ketones (excluding diaryl/α,β-unsaturated/α-hetero) is 1. The number of hydrogen-bond donors (Lipinski definition) is 0. The average Bonchev–Trinajstić information content (AvgIpc) is 2.35. The van der Waals surface area contributed by atoms with Crippen LogP contribution in [0.15, 0.2) is 12.1 Å². The van der Waals surface area contributed by atoms with Gasteiger partial charge in [-0.25, -0.2) is 8.78 Å². The van der Waals surface area contributed by atoms with E-state index >= 15 is 0 Å². The molecule has 15 heavy (non-hydrogen) atoms. The van der Waals surface area contributed by atoms with E-state index in [1.54, 1.807) is 0 Å². The Kier molecular flexibility index (Phi) is 1.90. The van der Waals surface area contributed by atoms with Crippen molar-refractivity contribution in [3.8, 4) is 0 Å². The van der Waals surface area contributed by atoms with Gasteiger partial charge < -0.3 is 0 Å². The predicted molar refractivity (Wildman–Crippen MR) is 44.3 cm³/mol. The molecule has 0 N–H and O–H groups in total. The predicted octanol–water partition coefficient (Wildman–Crippen LogP) is 2.98. The maximum Gasteiger partial charge on any atom is 0.344 e. The van der Waals surface area contributed by atoms with Crippen molar-refractivity contribution >= 4 is 5.78 Å². The van der Waals surface area contributed by atoms with Gasteiger partial charge in [0.2, 0.25) is 5.78 Å². The molecule has 0 unspecified atom stereocenters. The molecule has 0 spiro atoms. The minimum absolute atomic E-state index is 0.163. The molecule has 0 aliphatic heterocycles. The third-order valence-corrected chi connectivity index (χ3v) is 2.50. The fraction of sp³-hybridized carbons (Fsp3) is 0.300. The van der Waals surface area contributed by atoms with Crippen LogP contribution in [0.5, 0.6) is 0 Å². The summed E-state index contributed by atoms with van der Waals surface area (Å²) in [5, 5.41) is 0. The van der Waals surface area contributed by atoms with Gasteiger partial charge in [0.05, 0.1) is 0 Å². The van der Waals surface area contributed by atoms with Gasteiger partial charge in [-0.1, -0.05) is 6.07 Å². The Morgan fingerprint density at radius 2 is 1.93 bits per heavy atom. The highest BCUT2D eigenvalue weighted by atomic mass is 19.3. The summed E-state index contributed by atoms with van der Waals surface area (Å²) in [5.74, 6) is -6.88. The van der Waals surface area contributed by atoms with Gasteiger partial charge >= 0.3 is 5.92 Å². The van der Waals surface area contributed by atoms with Gasteiger partial charge in [-0.2, -0.15) is 8.78 Å². The molecule has 0 saturated carbocycles. The van der Waals surface area contributed by atoms with Gasteiger partial charge in [-0.05, 0) is 18.6 Å². The van der Waals surface area contributed by atoms with Crippen LogP contribution in [0.3, 0.4) is 0 Å². The van der Waals surface area contributed by atoms with Crippen LogP contribution in [0.1, 0.15) is 27.7 Å². The second-order valence-corrected chi connectivity index (χ2v) is 3.47. The van der Waals surface area contributed by atoms with Crippen LogP contribution in [-0.2, 0) is 0 Å². The highest BCUT2D eigenvalue weighted by Gasteiger charge is 2.57. The molecule has 0 fully saturated rings. The molecule has 0 amide bonds. The van der Waals surface area contributed by atoms with Gasteiger partial charge in [0.15, 0.2) is 6.17 Å². The van der Waals surface area contributed by atoms with Crippen molar-refractivity contribution in [2.45, 2.75) is 19.0 Å². The lowest BCUT2D eigenvalue weighted by Gasteiger charge is -2.09. The number of hydrogen-bond acceptors (Lipinski definition) is 1. The summed E-state index contributed by atoms with van der Waals surface area (Å²) in [6, 6.07) is 2.07. The molecule has 1 nitrogen and oxygen atoms in total. The van der Waals surface area contributed by atoms with E-state index in [-0.39, 0.29) is 5.56 Å². The zero-order chi connectivity index (χ0) is 11.4. The maximum atomic E-state index is 13.2. The topological polar surface area (TPSA) is 17.1 Å². The monoisotopic (exact) mass is 218 g/mol. The van der Waals surface area contributed by atoms with E-state index in [1.165, 1.54) is 13.0 Å². The number of carbonyl (C=O) groups excluding carboxylic acids is 1. The third-order valence-electron chi connectivity index (χ3n) is 2.50. The average molecular weight is 218 g/mol.